The zero-order chi connectivity index (χ0) is 11.5. The van der Waals surface area contributed by atoms with Crippen LogP contribution in [0.5, 0.6) is 0 Å². The highest BCUT2D eigenvalue weighted by Crippen LogP contribution is 2.15. The van der Waals surface area contributed by atoms with E-state index in [9.17, 15) is 0 Å². The Bertz CT molecular complexity index is 509. The summed E-state index contributed by atoms with van der Waals surface area (Å²) >= 11 is 0. The fourth-order valence-electron chi connectivity index (χ4n) is 1.42. The van der Waals surface area contributed by atoms with Crippen LogP contribution in [0.15, 0.2) is 24.4 Å². The first-order chi connectivity index (χ1) is 7.69. The van der Waals surface area contributed by atoms with E-state index in [1.807, 2.05) is 26.0 Å². The number of hydrogen-bond acceptors (Lipinski definition) is 5. The number of aromatic nitrogens is 3. The molecule has 0 aliphatic carbocycles. The molecule has 2 aromatic heterocycles. The maximum atomic E-state index is 5.33. The number of hydrogen-bond donors (Lipinski definition) is 2. The fraction of sp³-hybridized carbons (Fsp3) is 0.182. The molecule has 0 amide bonds. The number of nitrogen functional groups attached to an aromatic ring is 1. The van der Waals surface area contributed by atoms with Gasteiger partial charge in [-0.15, -0.1) is 0 Å². The normalized spacial score (nSPS) is 10.2. The number of anilines is 1. The number of aryl methyl sites for hydroxylation is 2. The highest BCUT2D eigenvalue weighted by molar-refractivity contribution is 5.53. The second-order valence-electron chi connectivity index (χ2n) is 3.58. The molecule has 0 aromatic carbocycles. The van der Waals surface area contributed by atoms with Gasteiger partial charge in [-0.25, -0.2) is 15.8 Å². The molecular formula is C11H13N5. The molecule has 0 unspecified atom stereocenters. The summed E-state index contributed by atoms with van der Waals surface area (Å²) in [5.74, 6) is 6.50. The largest absolute Gasteiger partial charge is 0.308 e. The molecule has 0 atom stereocenters. The molecule has 0 saturated heterocycles. The number of pyridine rings is 1. The average Bonchev–Trinajstić information content (AvgIpc) is 2.28. The van der Waals surface area contributed by atoms with E-state index >= 15 is 0 Å². The van der Waals surface area contributed by atoms with Gasteiger partial charge < -0.3 is 5.43 Å². The number of nitrogens with one attached hydrogen (secondary N) is 1. The number of hydrazine groups is 1. The summed E-state index contributed by atoms with van der Waals surface area (Å²) in [6.07, 6.45) is 1.74. The van der Waals surface area contributed by atoms with E-state index in [2.05, 4.69) is 20.4 Å². The van der Waals surface area contributed by atoms with Crippen molar-refractivity contribution >= 4 is 5.82 Å². The third-order valence-corrected chi connectivity index (χ3v) is 2.15. The van der Waals surface area contributed by atoms with Crippen LogP contribution in [0.2, 0.25) is 0 Å². The van der Waals surface area contributed by atoms with E-state index in [1.165, 1.54) is 0 Å². The SMILES string of the molecule is Cc1ccnc(-c2nc(C)cc(NN)n2)c1. The molecule has 0 fully saturated rings. The van der Waals surface area contributed by atoms with Crippen LogP contribution < -0.4 is 11.3 Å². The summed E-state index contributed by atoms with van der Waals surface area (Å²) in [5.41, 5.74) is 5.23. The summed E-state index contributed by atoms with van der Waals surface area (Å²) in [5, 5.41) is 0. The predicted octanol–water partition coefficient (Wildman–Crippen LogP) is 1.44. The predicted molar refractivity (Wildman–Crippen MR) is 62.5 cm³/mol. The summed E-state index contributed by atoms with van der Waals surface area (Å²) in [6.45, 7) is 3.89. The van der Waals surface area contributed by atoms with Crippen molar-refractivity contribution in [3.63, 3.8) is 0 Å². The molecule has 2 rings (SSSR count). The Hall–Kier alpha value is -2.01. The standard InChI is InChI=1S/C11H13N5/c1-7-3-4-13-9(5-7)11-14-8(2)6-10(15-11)16-12/h3-6H,12H2,1-2H3,(H,14,15,16). The van der Waals surface area contributed by atoms with Gasteiger partial charge in [0, 0.05) is 18.0 Å². The molecule has 0 aliphatic rings. The van der Waals surface area contributed by atoms with Crippen LogP contribution in [0.3, 0.4) is 0 Å². The third kappa shape index (κ3) is 2.14. The lowest BCUT2D eigenvalue weighted by molar-refractivity contribution is 1.07. The van der Waals surface area contributed by atoms with E-state index in [1.54, 1.807) is 12.3 Å². The van der Waals surface area contributed by atoms with E-state index in [0.29, 0.717) is 11.6 Å². The molecule has 0 aliphatic heterocycles. The fourth-order valence-corrected chi connectivity index (χ4v) is 1.42. The van der Waals surface area contributed by atoms with Crippen molar-refractivity contribution in [1.29, 1.82) is 0 Å². The Kier molecular flexibility index (Phi) is 2.78. The van der Waals surface area contributed by atoms with E-state index in [4.69, 9.17) is 5.84 Å². The van der Waals surface area contributed by atoms with Crippen LogP contribution in [0, 0.1) is 13.8 Å². The van der Waals surface area contributed by atoms with Crippen molar-refractivity contribution in [2.24, 2.45) is 5.84 Å². The maximum Gasteiger partial charge on any atom is 0.180 e. The van der Waals surface area contributed by atoms with Crippen LogP contribution in [-0.4, -0.2) is 15.0 Å². The first-order valence-electron chi connectivity index (χ1n) is 4.94. The van der Waals surface area contributed by atoms with Crippen molar-refractivity contribution in [3.8, 4) is 11.5 Å². The molecule has 82 valence electrons. The van der Waals surface area contributed by atoms with Crippen molar-refractivity contribution in [2.75, 3.05) is 5.43 Å². The van der Waals surface area contributed by atoms with Crippen LogP contribution in [0.25, 0.3) is 11.5 Å². The molecule has 0 radical (unpaired) electrons. The summed E-state index contributed by atoms with van der Waals surface area (Å²) in [7, 11) is 0. The lowest BCUT2D eigenvalue weighted by Gasteiger charge is -2.05. The minimum absolute atomic E-state index is 0.580. The summed E-state index contributed by atoms with van der Waals surface area (Å²) in [4.78, 5) is 12.8. The lowest BCUT2D eigenvalue weighted by Crippen LogP contribution is -2.10. The summed E-state index contributed by atoms with van der Waals surface area (Å²) < 4.78 is 0. The van der Waals surface area contributed by atoms with Gasteiger partial charge in [-0.2, -0.15) is 0 Å². The lowest BCUT2D eigenvalue weighted by atomic mass is 10.2. The second kappa shape index (κ2) is 4.24. The maximum absolute atomic E-state index is 5.33. The zero-order valence-corrected chi connectivity index (χ0v) is 9.23. The van der Waals surface area contributed by atoms with Crippen LogP contribution in [0.1, 0.15) is 11.3 Å². The van der Waals surface area contributed by atoms with Crippen molar-refractivity contribution in [3.05, 3.63) is 35.7 Å². The van der Waals surface area contributed by atoms with E-state index < -0.39 is 0 Å². The zero-order valence-electron chi connectivity index (χ0n) is 9.23. The molecule has 5 heteroatoms. The van der Waals surface area contributed by atoms with Gasteiger partial charge in [0.1, 0.15) is 11.5 Å². The monoisotopic (exact) mass is 215 g/mol. The molecule has 0 saturated carbocycles. The van der Waals surface area contributed by atoms with Gasteiger partial charge >= 0.3 is 0 Å². The number of nitrogens with zero attached hydrogens (tertiary/aromatic N) is 3. The Morgan fingerprint density at radius 1 is 1.19 bits per heavy atom. The molecular weight excluding hydrogens is 202 g/mol. The topological polar surface area (TPSA) is 76.7 Å². The van der Waals surface area contributed by atoms with Crippen molar-refractivity contribution < 1.29 is 0 Å². The minimum atomic E-state index is 0.580. The van der Waals surface area contributed by atoms with Gasteiger partial charge in [0.2, 0.25) is 0 Å². The Labute approximate surface area is 93.7 Å². The highest BCUT2D eigenvalue weighted by atomic mass is 15.3. The third-order valence-electron chi connectivity index (χ3n) is 2.15. The molecule has 16 heavy (non-hydrogen) atoms. The van der Waals surface area contributed by atoms with E-state index in [0.717, 1.165) is 17.0 Å². The van der Waals surface area contributed by atoms with E-state index in [-0.39, 0.29) is 0 Å². The highest BCUT2D eigenvalue weighted by Gasteiger charge is 2.05. The molecule has 3 N–H and O–H groups in total. The van der Waals surface area contributed by atoms with Gasteiger partial charge in [0.15, 0.2) is 5.82 Å². The van der Waals surface area contributed by atoms with Gasteiger partial charge in [0.05, 0.1) is 0 Å². The van der Waals surface area contributed by atoms with Gasteiger partial charge in [-0.05, 0) is 31.5 Å². The summed E-state index contributed by atoms with van der Waals surface area (Å²) in [6, 6.07) is 5.65. The molecule has 5 nitrogen and oxygen atoms in total. The molecule has 0 bridgehead atoms. The first-order valence-corrected chi connectivity index (χ1v) is 4.94. The first kappa shape index (κ1) is 10.5. The Balaban J connectivity index is 2.51. The minimum Gasteiger partial charge on any atom is -0.308 e. The number of nitrogens with two attached hydrogens (primary N) is 1. The number of rotatable bonds is 2. The van der Waals surface area contributed by atoms with Crippen molar-refractivity contribution in [2.45, 2.75) is 13.8 Å². The van der Waals surface area contributed by atoms with Crippen LogP contribution in [-0.2, 0) is 0 Å². The van der Waals surface area contributed by atoms with Gasteiger partial charge in [-0.1, -0.05) is 0 Å². The quantitative estimate of drug-likeness (QED) is 0.585. The molecule has 2 heterocycles. The average molecular weight is 215 g/mol. The Morgan fingerprint density at radius 3 is 2.69 bits per heavy atom. The molecule has 2 aromatic rings. The van der Waals surface area contributed by atoms with Gasteiger partial charge in [0.25, 0.3) is 0 Å². The molecule has 0 spiro atoms. The smallest absolute Gasteiger partial charge is 0.180 e. The van der Waals surface area contributed by atoms with Crippen LogP contribution >= 0.6 is 0 Å². The van der Waals surface area contributed by atoms with Crippen molar-refractivity contribution in [1.82, 2.24) is 15.0 Å². The van der Waals surface area contributed by atoms with Crippen LogP contribution in [0.4, 0.5) is 5.82 Å². The second-order valence-corrected chi connectivity index (χ2v) is 3.58. The van der Waals surface area contributed by atoms with Gasteiger partial charge in [-0.3, -0.25) is 4.98 Å². The Morgan fingerprint density at radius 2 is 2.00 bits per heavy atom.